The van der Waals surface area contributed by atoms with Crippen LogP contribution in [0.3, 0.4) is 0 Å². The zero-order valence-corrected chi connectivity index (χ0v) is 6.63. The van der Waals surface area contributed by atoms with Crippen LogP contribution < -0.4 is 0 Å². The van der Waals surface area contributed by atoms with E-state index in [0.717, 1.165) is 6.54 Å². The second-order valence-corrected chi connectivity index (χ2v) is 2.95. The van der Waals surface area contributed by atoms with Gasteiger partial charge >= 0.3 is 6.09 Å². The molecule has 0 saturated carbocycles. The van der Waals surface area contributed by atoms with Gasteiger partial charge in [-0.25, -0.2) is 4.79 Å². The van der Waals surface area contributed by atoms with Crippen LogP contribution in [0.5, 0.6) is 0 Å². The highest BCUT2D eigenvalue weighted by molar-refractivity contribution is 5.68. The molecule has 2 atom stereocenters. The Hall–Kier alpha value is -0.730. The first-order valence-electron chi connectivity index (χ1n) is 3.53. The Morgan fingerprint density at radius 2 is 2.20 bits per heavy atom. The van der Waals surface area contributed by atoms with Crippen LogP contribution in [0.15, 0.2) is 0 Å². The Labute approximate surface area is 61.0 Å². The first kappa shape index (κ1) is 7.38. The molecule has 10 heavy (non-hydrogen) atoms. The van der Waals surface area contributed by atoms with Gasteiger partial charge in [-0.15, -0.1) is 0 Å². The lowest BCUT2D eigenvalue weighted by Gasteiger charge is -2.32. The molecule has 1 heterocycles. The summed E-state index contributed by atoms with van der Waals surface area (Å²) in [6.45, 7) is 4.81. The van der Waals surface area contributed by atoms with Crippen molar-refractivity contribution < 1.29 is 9.53 Å². The largest absolute Gasteiger partial charge is 0.446 e. The predicted octanol–water partition coefficient (Wildman–Crippen LogP) is 1.09. The predicted molar refractivity (Wildman–Crippen MR) is 37.7 cm³/mol. The van der Waals surface area contributed by atoms with E-state index in [9.17, 15) is 4.79 Å². The number of carbonyl (C=O) groups is 1. The van der Waals surface area contributed by atoms with E-state index in [4.69, 9.17) is 4.74 Å². The number of rotatable bonds is 0. The van der Waals surface area contributed by atoms with E-state index in [1.807, 2.05) is 6.92 Å². The topological polar surface area (TPSA) is 29.5 Å². The molecule has 1 saturated heterocycles. The monoisotopic (exact) mass is 143 g/mol. The number of amides is 1. The minimum absolute atomic E-state index is 0.0729. The molecule has 0 aliphatic carbocycles. The molecule has 0 aromatic heterocycles. The molecule has 1 rings (SSSR count). The summed E-state index contributed by atoms with van der Waals surface area (Å²) in [7, 11) is 1.75. The molecule has 1 fully saturated rings. The number of carbonyl (C=O) groups excluding carboxylic acids is 1. The standard InChI is InChI=1S/C7H13NO2/c1-5-4-8(3)7(9)10-6(5)2/h5-6H,4H2,1-3H3. The summed E-state index contributed by atoms with van der Waals surface area (Å²) in [6, 6.07) is 0. The van der Waals surface area contributed by atoms with Gasteiger partial charge in [-0.1, -0.05) is 6.92 Å². The number of ether oxygens (including phenoxy) is 1. The molecule has 1 aliphatic rings. The molecule has 3 nitrogen and oxygen atoms in total. The summed E-state index contributed by atoms with van der Waals surface area (Å²) in [5.41, 5.74) is 0. The Morgan fingerprint density at radius 1 is 1.60 bits per heavy atom. The van der Waals surface area contributed by atoms with E-state index in [-0.39, 0.29) is 12.2 Å². The van der Waals surface area contributed by atoms with Gasteiger partial charge in [0.05, 0.1) is 0 Å². The SMILES string of the molecule is CC1CN(C)C(=O)OC1C. The summed E-state index contributed by atoms with van der Waals surface area (Å²) in [5, 5.41) is 0. The number of cyclic esters (lactones) is 1. The van der Waals surface area contributed by atoms with Crippen LogP contribution in [-0.2, 0) is 4.74 Å². The van der Waals surface area contributed by atoms with Crippen LogP contribution in [0.2, 0.25) is 0 Å². The molecule has 0 spiro atoms. The fourth-order valence-corrected chi connectivity index (χ4v) is 1.02. The van der Waals surface area contributed by atoms with Crippen molar-refractivity contribution in [2.24, 2.45) is 5.92 Å². The van der Waals surface area contributed by atoms with Gasteiger partial charge in [0.15, 0.2) is 0 Å². The van der Waals surface area contributed by atoms with Crippen molar-refractivity contribution in [1.29, 1.82) is 0 Å². The lowest BCUT2D eigenvalue weighted by molar-refractivity contribution is 0.0107. The third-order valence-corrected chi connectivity index (χ3v) is 1.96. The molecule has 0 aromatic carbocycles. The maximum Gasteiger partial charge on any atom is 0.409 e. The summed E-state index contributed by atoms with van der Waals surface area (Å²) in [6.07, 6.45) is -0.130. The zero-order valence-electron chi connectivity index (χ0n) is 6.63. The maximum atomic E-state index is 10.9. The van der Waals surface area contributed by atoms with E-state index < -0.39 is 0 Å². The Bertz CT molecular complexity index is 147. The average molecular weight is 143 g/mol. The van der Waals surface area contributed by atoms with Gasteiger partial charge in [0.25, 0.3) is 0 Å². The molecule has 0 bridgehead atoms. The lowest BCUT2D eigenvalue weighted by Crippen LogP contribution is -2.43. The van der Waals surface area contributed by atoms with Gasteiger partial charge in [0, 0.05) is 19.5 Å². The molecule has 1 aliphatic heterocycles. The van der Waals surface area contributed by atoms with E-state index in [1.165, 1.54) is 0 Å². The molecule has 0 N–H and O–H groups in total. The van der Waals surface area contributed by atoms with Crippen LogP contribution in [0, 0.1) is 5.92 Å². The Balaban J connectivity index is 2.54. The summed E-state index contributed by atoms with van der Waals surface area (Å²) >= 11 is 0. The molecular weight excluding hydrogens is 130 g/mol. The summed E-state index contributed by atoms with van der Waals surface area (Å²) in [5.74, 6) is 0.447. The van der Waals surface area contributed by atoms with Crippen molar-refractivity contribution in [2.45, 2.75) is 20.0 Å². The quantitative estimate of drug-likeness (QED) is 0.508. The molecule has 2 unspecified atom stereocenters. The molecule has 3 heteroatoms. The highest BCUT2D eigenvalue weighted by Gasteiger charge is 2.26. The summed E-state index contributed by atoms with van der Waals surface area (Å²) < 4.78 is 5.00. The minimum atomic E-state index is -0.203. The first-order chi connectivity index (χ1) is 4.61. The third kappa shape index (κ3) is 1.23. The smallest absolute Gasteiger partial charge is 0.409 e. The first-order valence-corrected chi connectivity index (χ1v) is 3.53. The van der Waals surface area contributed by atoms with Gasteiger partial charge in [-0.2, -0.15) is 0 Å². The molecule has 0 radical (unpaired) electrons. The van der Waals surface area contributed by atoms with Crippen molar-refractivity contribution in [1.82, 2.24) is 4.90 Å². The fraction of sp³-hybridized carbons (Fsp3) is 0.857. The van der Waals surface area contributed by atoms with E-state index in [2.05, 4.69) is 6.92 Å². The normalized spacial score (nSPS) is 33.9. The van der Waals surface area contributed by atoms with Crippen LogP contribution >= 0.6 is 0 Å². The van der Waals surface area contributed by atoms with E-state index in [0.29, 0.717) is 5.92 Å². The van der Waals surface area contributed by atoms with Crippen molar-refractivity contribution >= 4 is 6.09 Å². The van der Waals surface area contributed by atoms with Crippen LogP contribution in [0.25, 0.3) is 0 Å². The molecule has 1 amide bonds. The number of hydrogen-bond donors (Lipinski definition) is 0. The Kier molecular flexibility index (Phi) is 1.83. The highest BCUT2D eigenvalue weighted by Crippen LogP contribution is 2.15. The van der Waals surface area contributed by atoms with Crippen molar-refractivity contribution in [2.75, 3.05) is 13.6 Å². The fourth-order valence-electron chi connectivity index (χ4n) is 1.02. The van der Waals surface area contributed by atoms with Gasteiger partial charge in [-0.3, -0.25) is 0 Å². The molecule has 0 aromatic rings. The van der Waals surface area contributed by atoms with E-state index >= 15 is 0 Å². The van der Waals surface area contributed by atoms with Crippen molar-refractivity contribution in [3.63, 3.8) is 0 Å². The van der Waals surface area contributed by atoms with Gasteiger partial charge < -0.3 is 9.64 Å². The summed E-state index contributed by atoms with van der Waals surface area (Å²) in [4.78, 5) is 12.5. The highest BCUT2D eigenvalue weighted by atomic mass is 16.6. The number of nitrogens with zero attached hydrogens (tertiary/aromatic N) is 1. The van der Waals surface area contributed by atoms with Crippen LogP contribution in [0.1, 0.15) is 13.8 Å². The molecule has 58 valence electrons. The van der Waals surface area contributed by atoms with Crippen LogP contribution in [0.4, 0.5) is 4.79 Å². The van der Waals surface area contributed by atoms with Crippen molar-refractivity contribution in [3.05, 3.63) is 0 Å². The van der Waals surface area contributed by atoms with Crippen molar-refractivity contribution in [3.8, 4) is 0 Å². The van der Waals surface area contributed by atoms with Gasteiger partial charge in [0.1, 0.15) is 6.10 Å². The molecular formula is C7H13NO2. The van der Waals surface area contributed by atoms with Gasteiger partial charge in [0.2, 0.25) is 0 Å². The Morgan fingerprint density at radius 3 is 2.70 bits per heavy atom. The zero-order chi connectivity index (χ0) is 7.72. The average Bonchev–Trinajstić information content (AvgIpc) is 1.84. The third-order valence-electron chi connectivity index (χ3n) is 1.96. The lowest BCUT2D eigenvalue weighted by atomic mass is 10.1. The van der Waals surface area contributed by atoms with E-state index in [1.54, 1.807) is 11.9 Å². The second-order valence-electron chi connectivity index (χ2n) is 2.95. The maximum absolute atomic E-state index is 10.9. The van der Waals surface area contributed by atoms with Gasteiger partial charge in [-0.05, 0) is 6.92 Å². The number of hydrogen-bond acceptors (Lipinski definition) is 2. The second kappa shape index (κ2) is 2.48. The van der Waals surface area contributed by atoms with Crippen LogP contribution in [-0.4, -0.2) is 30.7 Å². The minimum Gasteiger partial charge on any atom is -0.446 e.